The highest BCUT2D eigenvalue weighted by Crippen LogP contribution is 2.26. The highest BCUT2D eigenvalue weighted by molar-refractivity contribution is 6.00. The van der Waals surface area contributed by atoms with E-state index < -0.39 is 30.4 Å². The van der Waals surface area contributed by atoms with Crippen LogP contribution < -0.4 is 10.2 Å². The highest BCUT2D eigenvalue weighted by Gasteiger charge is 2.36. The number of carbonyl (C=O) groups is 5. The molecule has 0 spiro atoms. The molecule has 0 aliphatic carbocycles. The molecule has 0 saturated carbocycles. The van der Waals surface area contributed by atoms with Crippen LogP contribution in [0.1, 0.15) is 47.9 Å². The van der Waals surface area contributed by atoms with E-state index in [1.807, 2.05) is 0 Å². The number of amides is 2. The van der Waals surface area contributed by atoms with Crippen LogP contribution in [0.25, 0.3) is 0 Å². The minimum atomic E-state index is -0.708. The molecule has 178 valence electrons. The lowest BCUT2D eigenvalue weighted by Gasteiger charge is -2.17. The quantitative estimate of drug-likeness (QED) is 0.469. The van der Waals surface area contributed by atoms with Crippen molar-refractivity contribution in [3.05, 3.63) is 59.7 Å². The Morgan fingerprint density at radius 2 is 1.62 bits per heavy atom. The van der Waals surface area contributed by atoms with E-state index in [9.17, 15) is 24.0 Å². The second kappa shape index (κ2) is 10.7. The van der Waals surface area contributed by atoms with Crippen LogP contribution in [0.2, 0.25) is 0 Å². The molecular weight excluding hydrogens is 440 g/mol. The van der Waals surface area contributed by atoms with E-state index in [-0.39, 0.29) is 30.8 Å². The molecule has 1 fully saturated rings. The van der Waals surface area contributed by atoms with Crippen LogP contribution in [-0.4, -0.2) is 48.8 Å². The topological polar surface area (TPSA) is 119 Å². The van der Waals surface area contributed by atoms with Gasteiger partial charge in [0.15, 0.2) is 12.4 Å². The van der Waals surface area contributed by atoms with Gasteiger partial charge in [0.05, 0.1) is 17.6 Å². The Hall–Kier alpha value is -4.01. The number of benzene rings is 2. The van der Waals surface area contributed by atoms with Crippen LogP contribution in [0.4, 0.5) is 11.4 Å². The van der Waals surface area contributed by atoms with Gasteiger partial charge in [-0.15, -0.1) is 0 Å². The van der Waals surface area contributed by atoms with Crippen LogP contribution in [0, 0.1) is 5.92 Å². The van der Waals surface area contributed by atoms with E-state index in [4.69, 9.17) is 9.47 Å². The van der Waals surface area contributed by atoms with Gasteiger partial charge in [0, 0.05) is 29.9 Å². The normalized spacial score (nSPS) is 15.2. The predicted octanol–water partition coefficient (Wildman–Crippen LogP) is 2.99. The van der Waals surface area contributed by atoms with Crippen LogP contribution >= 0.6 is 0 Å². The van der Waals surface area contributed by atoms with Crippen molar-refractivity contribution in [1.82, 2.24) is 0 Å². The first kappa shape index (κ1) is 24.6. The molecule has 9 heteroatoms. The van der Waals surface area contributed by atoms with Crippen molar-refractivity contribution in [2.24, 2.45) is 5.92 Å². The molecule has 1 N–H and O–H groups in total. The number of esters is 2. The van der Waals surface area contributed by atoms with Crippen molar-refractivity contribution in [1.29, 1.82) is 0 Å². The number of anilines is 2. The van der Waals surface area contributed by atoms with Gasteiger partial charge in [-0.3, -0.25) is 19.2 Å². The third-order valence-corrected chi connectivity index (χ3v) is 5.14. The molecule has 34 heavy (non-hydrogen) atoms. The van der Waals surface area contributed by atoms with E-state index in [1.54, 1.807) is 62.4 Å². The number of nitrogens with zero attached hydrogens (tertiary/aromatic N) is 1. The molecule has 0 radical (unpaired) electrons. The lowest BCUT2D eigenvalue weighted by atomic mass is 10.1. The van der Waals surface area contributed by atoms with Crippen LogP contribution in [0.15, 0.2) is 48.5 Å². The molecule has 1 aliphatic heterocycles. The summed E-state index contributed by atoms with van der Waals surface area (Å²) in [6, 6.07) is 12.7. The standard InChI is InChI=1S/C25H26N2O7/c1-15(2)34-25(32)18-6-10-21(11-7-18)27-13-19(12-23(27)30)24(31)33-14-22(29)26-20-8-4-17(5-9-20)16(3)28/h4-11,15,19H,12-14H2,1-3H3,(H,26,29)/t19-/m0/s1. The third kappa shape index (κ3) is 6.28. The Morgan fingerprint density at radius 3 is 2.21 bits per heavy atom. The van der Waals surface area contributed by atoms with Gasteiger partial charge in [0.1, 0.15) is 0 Å². The molecule has 1 saturated heterocycles. The fourth-order valence-corrected chi connectivity index (χ4v) is 3.41. The average Bonchev–Trinajstić information content (AvgIpc) is 3.19. The second-order valence-electron chi connectivity index (χ2n) is 8.20. The Labute approximate surface area is 197 Å². The number of ether oxygens (including phenoxy) is 2. The largest absolute Gasteiger partial charge is 0.459 e. The van der Waals surface area contributed by atoms with Crippen molar-refractivity contribution in [2.75, 3.05) is 23.4 Å². The van der Waals surface area contributed by atoms with Crippen molar-refractivity contribution < 1.29 is 33.4 Å². The van der Waals surface area contributed by atoms with E-state index in [0.29, 0.717) is 22.5 Å². The van der Waals surface area contributed by atoms with Crippen LogP contribution in [-0.2, 0) is 23.9 Å². The molecule has 2 aromatic rings. The maximum absolute atomic E-state index is 12.4. The molecule has 9 nitrogen and oxygen atoms in total. The monoisotopic (exact) mass is 466 g/mol. The fourth-order valence-electron chi connectivity index (χ4n) is 3.41. The summed E-state index contributed by atoms with van der Waals surface area (Å²) >= 11 is 0. The molecule has 2 aromatic carbocycles. The second-order valence-corrected chi connectivity index (χ2v) is 8.20. The Kier molecular flexibility index (Phi) is 7.78. The van der Waals surface area contributed by atoms with E-state index in [0.717, 1.165) is 0 Å². The summed E-state index contributed by atoms with van der Waals surface area (Å²) in [5.41, 5.74) is 1.90. The first-order chi connectivity index (χ1) is 16.1. The maximum atomic E-state index is 12.4. The Balaban J connectivity index is 1.51. The summed E-state index contributed by atoms with van der Waals surface area (Å²) < 4.78 is 10.2. The minimum Gasteiger partial charge on any atom is -0.459 e. The number of ketones is 1. The fraction of sp³-hybridized carbons (Fsp3) is 0.320. The third-order valence-electron chi connectivity index (χ3n) is 5.14. The number of carbonyl (C=O) groups excluding carboxylic acids is 5. The van der Waals surface area contributed by atoms with Gasteiger partial charge in [-0.25, -0.2) is 4.79 Å². The first-order valence-corrected chi connectivity index (χ1v) is 10.8. The summed E-state index contributed by atoms with van der Waals surface area (Å²) in [4.78, 5) is 61.6. The highest BCUT2D eigenvalue weighted by atomic mass is 16.5. The molecule has 3 rings (SSSR count). The van der Waals surface area contributed by atoms with Gasteiger partial charge >= 0.3 is 11.9 Å². The summed E-state index contributed by atoms with van der Waals surface area (Å²) in [6.07, 6.45) is -0.280. The van der Waals surface area contributed by atoms with Gasteiger partial charge < -0.3 is 19.7 Å². The summed E-state index contributed by atoms with van der Waals surface area (Å²) in [5.74, 6) is -2.68. The van der Waals surface area contributed by atoms with Gasteiger partial charge in [-0.05, 0) is 69.3 Å². The van der Waals surface area contributed by atoms with Crippen molar-refractivity contribution in [3.63, 3.8) is 0 Å². The van der Waals surface area contributed by atoms with Gasteiger partial charge in [-0.2, -0.15) is 0 Å². The summed E-state index contributed by atoms with van der Waals surface area (Å²) in [7, 11) is 0. The first-order valence-electron chi connectivity index (χ1n) is 10.8. The number of nitrogens with one attached hydrogen (secondary N) is 1. The number of hydrogen-bond acceptors (Lipinski definition) is 7. The smallest absolute Gasteiger partial charge is 0.338 e. The summed E-state index contributed by atoms with van der Waals surface area (Å²) in [5, 5.41) is 2.58. The number of rotatable bonds is 8. The zero-order chi connectivity index (χ0) is 24.8. The minimum absolute atomic E-state index is 0.0376. The van der Waals surface area contributed by atoms with Crippen LogP contribution in [0.5, 0.6) is 0 Å². The van der Waals surface area contributed by atoms with Gasteiger partial charge in [0.25, 0.3) is 5.91 Å². The number of Topliss-reactive ketones (excluding diaryl/α,β-unsaturated/α-hetero) is 1. The molecule has 0 bridgehead atoms. The molecule has 1 aliphatic rings. The Morgan fingerprint density at radius 1 is 1.00 bits per heavy atom. The molecule has 1 heterocycles. The van der Waals surface area contributed by atoms with Crippen molar-refractivity contribution in [3.8, 4) is 0 Å². The lowest BCUT2D eigenvalue weighted by Crippen LogP contribution is -2.28. The molecule has 0 unspecified atom stereocenters. The predicted molar refractivity (Wildman–Crippen MR) is 123 cm³/mol. The Bertz CT molecular complexity index is 1090. The number of hydrogen-bond donors (Lipinski definition) is 1. The molecular formula is C25H26N2O7. The lowest BCUT2D eigenvalue weighted by molar-refractivity contribution is -0.151. The maximum Gasteiger partial charge on any atom is 0.338 e. The van der Waals surface area contributed by atoms with Crippen LogP contribution in [0.3, 0.4) is 0 Å². The average molecular weight is 466 g/mol. The van der Waals surface area contributed by atoms with E-state index in [2.05, 4.69) is 5.32 Å². The SMILES string of the molecule is CC(=O)c1ccc(NC(=O)COC(=O)[C@H]2CC(=O)N(c3ccc(C(=O)OC(C)C)cc3)C2)cc1. The van der Waals surface area contributed by atoms with E-state index in [1.165, 1.54) is 11.8 Å². The van der Waals surface area contributed by atoms with Crippen molar-refractivity contribution >= 4 is 40.9 Å². The van der Waals surface area contributed by atoms with Gasteiger partial charge in [-0.1, -0.05) is 0 Å². The molecule has 2 amide bonds. The van der Waals surface area contributed by atoms with E-state index >= 15 is 0 Å². The molecule has 1 atom stereocenters. The molecule has 0 aromatic heterocycles. The zero-order valence-electron chi connectivity index (χ0n) is 19.2. The van der Waals surface area contributed by atoms with Gasteiger partial charge in [0.2, 0.25) is 5.91 Å². The van der Waals surface area contributed by atoms with Crippen molar-refractivity contribution in [2.45, 2.75) is 33.3 Å². The zero-order valence-corrected chi connectivity index (χ0v) is 19.2. The summed E-state index contributed by atoms with van der Waals surface area (Å²) in [6.45, 7) is 4.57.